The Morgan fingerprint density at radius 2 is 2.25 bits per heavy atom. The normalized spacial score (nSPS) is 12.2. The average Bonchev–Trinajstić information content (AvgIpc) is 2.28. The van der Waals surface area contributed by atoms with E-state index in [9.17, 15) is 4.79 Å². The van der Waals surface area contributed by atoms with E-state index in [1.165, 1.54) is 0 Å². The first kappa shape index (κ1) is 13.0. The Morgan fingerprint density at radius 3 is 2.88 bits per heavy atom. The molecule has 4 heteroatoms. The van der Waals surface area contributed by atoms with Crippen molar-refractivity contribution in [1.29, 1.82) is 0 Å². The van der Waals surface area contributed by atoms with Crippen LogP contribution in [0, 0.1) is 0 Å². The highest BCUT2D eigenvalue weighted by atomic mass is 35.5. The second-order valence-electron chi connectivity index (χ2n) is 3.65. The molecule has 0 aliphatic heterocycles. The lowest BCUT2D eigenvalue weighted by atomic mass is 10.1. The lowest BCUT2D eigenvalue weighted by Gasteiger charge is -2.14. The van der Waals surface area contributed by atoms with Gasteiger partial charge in [-0.2, -0.15) is 0 Å². The van der Waals surface area contributed by atoms with Crippen LogP contribution in [0.25, 0.3) is 0 Å². The molecule has 0 heterocycles. The van der Waals surface area contributed by atoms with Crippen LogP contribution >= 0.6 is 11.6 Å². The van der Waals surface area contributed by atoms with Gasteiger partial charge in [0.1, 0.15) is 0 Å². The molecule has 0 bridgehead atoms. The zero-order chi connectivity index (χ0) is 12.0. The van der Waals surface area contributed by atoms with Gasteiger partial charge in [0.05, 0.1) is 0 Å². The van der Waals surface area contributed by atoms with Crippen LogP contribution in [-0.4, -0.2) is 19.5 Å². The maximum atomic E-state index is 11.0. The molecule has 0 saturated heterocycles. The molecule has 0 aliphatic carbocycles. The summed E-state index contributed by atoms with van der Waals surface area (Å²) in [5, 5.41) is 6.59. The number of hydrogen-bond acceptors (Lipinski definition) is 2. The number of carbonyl (C=O) groups is 1. The molecule has 1 aromatic carbocycles. The molecular formula is C12H17ClN2O. The standard InChI is InChI=1S/C12H17ClN2O/c1-9(15-7-6-12(16)14-2)10-4-3-5-11(13)8-10/h3-5,8-9,15H,6-7H2,1-2H3,(H,14,16)/t9-/m0/s1. The predicted octanol–water partition coefficient (Wildman–Crippen LogP) is 2.13. The van der Waals surface area contributed by atoms with E-state index >= 15 is 0 Å². The molecule has 1 atom stereocenters. The maximum Gasteiger partial charge on any atom is 0.221 e. The van der Waals surface area contributed by atoms with E-state index in [-0.39, 0.29) is 11.9 Å². The second-order valence-corrected chi connectivity index (χ2v) is 4.09. The van der Waals surface area contributed by atoms with Crippen LogP contribution in [0.15, 0.2) is 24.3 Å². The van der Waals surface area contributed by atoms with Crippen molar-refractivity contribution < 1.29 is 4.79 Å². The number of amides is 1. The molecule has 0 aliphatic rings. The number of rotatable bonds is 5. The highest BCUT2D eigenvalue weighted by Gasteiger charge is 2.05. The topological polar surface area (TPSA) is 41.1 Å². The van der Waals surface area contributed by atoms with Crippen molar-refractivity contribution >= 4 is 17.5 Å². The first-order valence-corrected chi connectivity index (χ1v) is 5.70. The summed E-state index contributed by atoms with van der Waals surface area (Å²) in [7, 11) is 1.64. The zero-order valence-electron chi connectivity index (χ0n) is 9.59. The Morgan fingerprint density at radius 1 is 1.50 bits per heavy atom. The van der Waals surface area contributed by atoms with Gasteiger partial charge in [0.25, 0.3) is 0 Å². The fraction of sp³-hybridized carbons (Fsp3) is 0.417. The summed E-state index contributed by atoms with van der Waals surface area (Å²) < 4.78 is 0. The van der Waals surface area contributed by atoms with Gasteiger partial charge in [0.15, 0.2) is 0 Å². The Labute approximate surface area is 101 Å². The molecule has 0 fully saturated rings. The van der Waals surface area contributed by atoms with Crippen LogP contribution in [0.4, 0.5) is 0 Å². The summed E-state index contributed by atoms with van der Waals surface area (Å²) in [5.74, 6) is 0.0470. The SMILES string of the molecule is CNC(=O)CCN[C@@H](C)c1cccc(Cl)c1. The van der Waals surface area contributed by atoms with E-state index in [4.69, 9.17) is 11.6 Å². The molecule has 1 aromatic rings. The minimum atomic E-state index is 0.0470. The molecule has 0 unspecified atom stereocenters. The van der Waals surface area contributed by atoms with Gasteiger partial charge in [0.2, 0.25) is 5.91 Å². The number of hydrogen-bond donors (Lipinski definition) is 2. The number of carbonyl (C=O) groups excluding carboxylic acids is 1. The third-order valence-corrected chi connectivity index (χ3v) is 2.67. The van der Waals surface area contributed by atoms with Gasteiger partial charge in [-0.05, 0) is 24.6 Å². The molecule has 3 nitrogen and oxygen atoms in total. The van der Waals surface area contributed by atoms with Gasteiger partial charge in [-0.1, -0.05) is 23.7 Å². The summed E-state index contributed by atoms with van der Waals surface area (Å²) in [6.45, 7) is 2.71. The smallest absolute Gasteiger partial charge is 0.221 e. The molecule has 1 rings (SSSR count). The summed E-state index contributed by atoms with van der Waals surface area (Å²) in [6, 6.07) is 7.92. The molecule has 0 aromatic heterocycles. The van der Waals surface area contributed by atoms with Crippen molar-refractivity contribution in [2.45, 2.75) is 19.4 Å². The van der Waals surface area contributed by atoms with Gasteiger partial charge in [0, 0.05) is 31.1 Å². The number of nitrogens with one attached hydrogen (secondary N) is 2. The highest BCUT2D eigenvalue weighted by molar-refractivity contribution is 6.30. The largest absolute Gasteiger partial charge is 0.359 e. The molecule has 0 spiro atoms. The monoisotopic (exact) mass is 240 g/mol. The summed E-state index contributed by atoms with van der Waals surface area (Å²) in [6.07, 6.45) is 0.488. The first-order chi connectivity index (χ1) is 7.63. The van der Waals surface area contributed by atoms with Crippen LogP contribution in [0.2, 0.25) is 5.02 Å². The van der Waals surface area contributed by atoms with Crippen LogP contribution in [0.5, 0.6) is 0 Å². The van der Waals surface area contributed by atoms with Crippen molar-refractivity contribution in [3.8, 4) is 0 Å². The van der Waals surface area contributed by atoms with Crippen molar-refractivity contribution in [2.24, 2.45) is 0 Å². The Hall–Kier alpha value is -1.06. The quantitative estimate of drug-likeness (QED) is 0.828. The lowest BCUT2D eigenvalue weighted by molar-refractivity contribution is -0.120. The number of benzene rings is 1. The molecule has 2 N–H and O–H groups in total. The maximum absolute atomic E-state index is 11.0. The van der Waals surface area contributed by atoms with Crippen molar-refractivity contribution in [3.63, 3.8) is 0 Å². The Kier molecular flexibility index (Phi) is 5.29. The molecule has 16 heavy (non-hydrogen) atoms. The van der Waals surface area contributed by atoms with Crippen molar-refractivity contribution in [2.75, 3.05) is 13.6 Å². The predicted molar refractivity (Wildman–Crippen MR) is 66.6 cm³/mol. The third-order valence-electron chi connectivity index (χ3n) is 2.43. The van der Waals surface area contributed by atoms with Crippen LogP contribution in [-0.2, 0) is 4.79 Å². The minimum absolute atomic E-state index is 0.0470. The van der Waals surface area contributed by atoms with E-state index in [1.807, 2.05) is 24.3 Å². The van der Waals surface area contributed by atoms with Crippen molar-refractivity contribution in [3.05, 3.63) is 34.9 Å². The van der Waals surface area contributed by atoms with Gasteiger partial charge in [-0.15, -0.1) is 0 Å². The summed E-state index contributed by atoms with van der Waals surface area (Å²) >= 11 is 5.90. The second kappa shape index (κ2) is 6.51. The molecule has 88 valence electrons. The van der Waals surface area contributed by atoms with E-state index in [1.54, 1.807) is 7.05 Å². The molecule has 1 amide bonds. The summed E-state index contributed by atoms with van der Waals surface area (Å²) in [4.78, 5) is 11.0. The fourth-order valence-electron chi connectivity index (χ4n) is 1.42. The van der Waals surface area contributed by atoms with Gasteiger partial charge in [-0.3, -0.25) is 4.79 Å². The van der Waals surface area contributed by atoms with Crippen molar-refractivity contribution in [1.82, 2.24) is 10.6 Å². The van der Waals surface area contributed by atoms with E-state index < -0.39 is 0 Å². The number of halogens is 1. The van der Waals surface area contributed by atoms with Crippen LogP contribution < -0.4 is 10.6 Å². The molecule has 0 radical (unpaired) electrons. The zero-order valence-corrected chi connectivity index (χ0v) is 10.3. The van der Waals surface area contributed by atoms with Crippen LogP contribution in [0.1, 0.15) is 24.9 Å². The van der Waals surface area contributed by atoms with Gasteiger partial charge in [-0.25, -0.2) is 0 Å². The molecule has 0 saturated carbocycles. The van der Waals surface area contributed by atoms with E-state index in [2.05, 4.69) is 17.6 Å². The third kappa shape index (κ3) is 4.21. The summed E-state index contributed by atoms with van der Waals surface area (Å²) in [5.41, 5.74) is 1.13. The first-order valence-electron chi connectivity index (χ1n) is 5.33. The Bertz CT molecular complexity index is 355. The van der Waals surface area contributed by atoms with Gasteiger partial charge < -0.3 is 10.6 Å². The fourth-order valence-corrected chi connectivity index (χ4v) is 1.62. The minimum Gasteiger partial charge on any atom is -0.359 e. The van der Waals surface area contributed by atoms with Crippen LogP contribution in [0.3, 0.4) is 0 Å². The Balaban J connectivity index is 2.40. The highest BCUT2D eigenvalue weighted by Crippen LogP contribution is 2.16. The van der Waals surface area contributed by atoms with E-state index in [0.29, 0.717) is 13.0 Å². The van der Waals surface area contributed by atoms with Gasteiger partial charge >= 0.3 is 0 Å². The molecular weight excluding hydrogens is 224 g/mol. The van der Waals surface area contributed by atoms with E-state index in [0.717, 1.165) is 10.6 Å². The lowest BCUT2D eigenvalue weighted by Crippen LogP contribution is -2.26. The average molecular weight is 241 g/mol.